The number of rotatable bonds is 6. The van der Waals surface area contributed by atoms with E-state index in [1.54, 1.807) is 0 Å². The number of nitrogens with zero attached hydrogens (tertiary/aromatic N) is 1. The molecule has 0 unspecified atom stereocenters. The second-order valence-corrected chi connectivity index (χ2v) is 5.69. The molecule has 0 aromatic heterocycles. The summed E-state index contributed by atoms with van der Waals surface area (Å²) in [6, 6.07) is 16.4. The van der Waals surface area contributed by atoms with Crippen LogP contribution in [0.2, 0.25) is 0 Å². The van der Waals surface area contributed by atoms with Crippen molar-refractivity contribution < 1.29 is 5.11 Å². The highest BCUT2D eigenvalue weighted by atomic mass is 79.9. The maximum Gasteiger partial charge on any atom is 0.0702 e. The molecule has 2 rings (SSSR count). The predicted octanol–water partition coefficient (Wildman–Crippen LogP) is 4.88. The minimum atomic E-state index is 0.0459. The lowest BCUT2D eigenvalue weighted by atomic mass is 10.1. The van der Waals surface area contributed by atoms with Gasteiger partial charge in [-0.15, -0.1) is 0 Å². The Labute approximate surface area is 129 Å². The number of unbranched alkanes of at least 4 members (excludes halogenated alkanes) is 1. The van der Waals surface area contributed by atoms with E-state index in [4.69, 9.17) is 0 Å². The maximum atomic E-state index is 9.62. The molecule has 2 aromatic rings. The Balaban J connectivity index is 2.41. The van der Waals surface area contributed by atoms with Crippen LogP contribution in [0.5, 0.6) is 0 Å². The summed E-state index contributed by atoms with van der Waals surface area (Å²) in [5.41, 5.74) is 3.19. The smallest absolute Gasteiger partial charge is 0.0702 e. The molecule has 0 amide bonds. The number of aliphatic hydroxyl groups excluding tert-OH is 1. The lowest BCUT2D eigenvalue weighted by Crippen LogP contribution is -2.19. The third kappa shape index (κ3) is 3.62. The molecule has 2 aromatic carbocycles. The Morgan fingerprint density at radius 1 is 1.10 bits per heavy atom. The summed E-state index contributed by atoms with van der Waals surface area (Å²) in [5, 5.41) is 9.62. The molecule has 0 saturated carbocycles. The number of halogens is 1. The highest BCUT2D eigenvalue weighted by molar-refractivity contribution is 9.10. The average Bonchev–Trinajstić information content (AvgIpc) is 2.49. The Morgan fingerprint density at radius 3 is 2.50 bits per heavy atom. The first-order valence-electron chi connectivity index (χ1n) is 6.98. The fourth-order valence-corrected chi connectivity index (χ4v) is 2.67. The Hall–Kier alpha value is -1.32. The Kier molecular flexibility index (Phi) is 5.62. The van der Waals surface area contributed by atoms with Gasteiger partial charge in [0.25, 0.3) is 0 Å². The fraction of sp³-hybridized carbons (Fsp3) is 0.294. The summed E-state index contributed by atoms with van der Waals surface area (Å²) in [4.78, 5) is 2.28. The molecule has 0 saturated heterocycles. The van der Waals surface area contributed by atoms with Gasteiger partial charge in [0, 0.05) is 28.0 Å². The average molecular weight is 334 g/mol. The third-order valence-electron chi connectivity index (χ3n) is 3.31. The van der Waals surface area contributed by atoms with Crippen LogP contribution in [0.3, 0.4) is 0 Å². The quantitative estimate of drug-likeness (QED) is 0.814. The number of aliphatic hydroxyl groups is 1. The van der Waals surface area contributed by atoms with E-state index < -0.39 is 0 Å². The van der Waals surface area contributed by atoms with Crippen LogP contribution in [-0.2, 0) is 6.61 Å². The van der Waals surface area contributed by atoms with Crippen molar-refractivity contribution in [2.45, 2.75) is 26.4 Å². The molecule has 0 aliphatic heterocycles. The van der Waals surface area contributed by atoms with Crippen LogP contribution in [0.15, 0.2) is 53.0 Å². The van der Waals surface area contributed by atoms with Crippen LogP contribution in [-0.4, -0.2) is 11.7 Å². The Morgan fingerprint density at radius 2 is 1.85 bits per heavy atom. The number of hydrogen-bond acceptors (Lipinski definition) is 2. The van der Waals surface area contributed by atoms with Crippen molar-refractivity contribution in [1.29, 1.82) is 0 Å². The van der Waals surface area contributed by atoms with Gasteiger partial charge in [-0.05, 0) is 36.8 Å². The molecule has 3 heteroatoms. The first kappa shape index (κ1) is 15.1. The van der Waals surface area contributed by atoms with Crippen LogP contribution < -0.4 is 4.90 Å². The van der Waals surface area contributed by atoms with Crippen LogP contribution in [0.25, 0.3) is 0 Å². The number of hydrogen-bond donors (Lipinski definition) is 1. The van der Waals surface area contributed by atoms with Crippen LogP contribution in [0, 0.1) is 0 Å². The van der Waals surface area contributed by atoms with Crippen molar-refractivity contribution in [1.82, 2.24) is 0 Å². The summed E-state index contributed by atoms with van der Waals surface area (Å²) in [6.45, 7) is 3.19. The molecule has 20 heavy (non-hydrogen) atoms. The first-order valence-corrected chi connectivity index (χ1v) is 7.77. The van der Waals surface area contributed by atoms with E-state index >= 15 is 0 Å². The second-order valence-electron chi connectivity index (χ2n) is 4.77. The minimum Gasteiger partial charge on any atom is -0.392 e. The predicted molar refractivity (Wildman–Crippen MR) is 88.4 cm³/mol. The van der Waals surface area contributed by atoms with Crippen molar-refractivity contribution >= 4 is 27.3 Å². The van der Waals surface area contributed by atoms with Crippen molar-refractivity contribution in [3.8, 4) is 0 Å². The molecule has 0 aliphatic carbocycles. The topological polar surface area (TPSA) is 23.5 Å². The highest BCUT2D eigenvalue weighted by Crippen LogP contribution is 2.31. The molecular weight excluding hydrogens is 314 g/mol. The van der Waals surface area contributed by atoms with E-state index in [1.165, 1.54) is 0 Å². The maximum absolute atomic E-state index is 9.62. The molecule has 0 atom stereocenters. The van der Waals surface area contributed by atoms with Crippen molar-refractivity contribution in [3.63, 3.8) is 0 Å². The SMILES string of the molecule is CCCCN(c1ccccc1)c1ccc(Br)cc1CO. The molecule has 2 nitrogen and oxygen atoms in total. The van der Waals surface area contributed by atoms with Gasteiger partial charge >= 0.3 is 0 Å². The fourth-order valence-electron chi connectivity index (χ4n) is 2.26. The largest absolute Gasteiger partial charge is 0.392 e. The van der Waals surface area contributed by atoms with E-state index in [2.05, 4.69) is 46.0 Å². The molecule has 0 aliphatic rings. The lowest BCUT2D eigenvalue weighted by Gasteiger charge is -2.27. The van der Waals surface area contributed by atoms with Gasteiger partial charge in [0.2, 0.25) is 0 Å². The molecular formula is C17H20BrNO. The van der Waals surface area contributed by atoms with Crippen molar-refractivity contribution in [2.75, 3.05) is 11.4 Å². The zero-order valence-corrected chi connectivity index (χ0v) is 13.3. The molecule has 106 valence electrons. The lowest BCUT2D eigenvalue weighted by molar-refractivity contribution is 0.282. The summed E-state index contributed by atoms with van der Waals surface area (Å²) in [7, 11) is 0. The highest BCUT2D eigenvalue weighted by Gasteiger charge is 2.12. The molecule has 0 bridgehead atoms. The molecule has 0 heterocycles. The molecule has 0 spiro atoms. The zero-order chi connectivity index (χ0) is 14.4. The van der Waals surface area contributed by atoms with Crippen LogP contribution >= 0.6 is 15.9 Å². The van der Waals surface area contributed by atoms with E-state index in [0.29, 0.717) is 0 Å². The van der Waals surface area contributed by atoms with Crippen LogP contribution in [0.4, 0.5) is 11.4 Å². The third-order valence-corrected chi connectivity index (χ3v) is 3.80. The Bertz CT molecular complexity index is 542. The summed E-state index contributed by atoms with van der Waals surface area (Å²) < 4.78 is 0.994. The van der Waals surface area contributed by atoms with Gasteiger partial charge in [0.15, 0.2) is 0 Å². The van der Waals surface area contributed by atoms with E-state index in [1.807, 2.05) is 30.3 Å². The van der Waals surface area contributed by atoms with E-state index in [-0.39, 0.29) is 6.61 Å². The van der Waals surface area contributed by atoms with Gasteiger partial charge < -0.3 is 10.0 Å². The molecule has 1 N–H and O–H groups in total. The van der Waals surface area contributed by atoms with Gasteiger partial charge in [0.05, 0.1) is 6.61 Å². The first-order chi connectivity index (χ1) is 9.76. The van der Waals surface area contributed by atoms with Crippen molar-refractivity contribution in [3.05, 3.63) is 58.6 Å². The van der Waals surface area contributed by atoms with Gasteiger partial charge in [-0.3, -0.25) is 0 Å². The van der Waals surface area contributed by atoms with Crippen LogP contribution in [0.1, 0.15) is 25.3 Å². The van der Waals surface area contributed by atoms with E-state index in [9.17, 15) is 5.11 Å². The van der Waals surface area contributed by atoms with Gasteiger partial charge in [-0.1, -0.05) is 47.5 Å². The summed E-state index contributed by atoms with van der Waals surface area (Å²) >= 11 is 3.47. The summed E-state index contributed by atoms with van der Waals surface area (Å²) in [6.07, 6.45) is 2.27. The zero-order valence-electron chi connectivity index (χ0n) is 11.7. The second kappa shape index (κ2) is 7.46. The number of benzene rings is 2. The van der Waals surface area contributed by atoms with Gasteiger partial charge in [-0.25, -0.2) is 0 Å². The normalized spacial score (nSPS) is 10.6. The molecule has 0 fully saturated rings. The summed E-state index contributed by atoms with van der Waals surface area (Å²) in [5.74, 6) is 0. The van der Waals surface area contributed by atoms with E-state index in [0.717, 1.165) is 40.8 Å². The van der Waals surface area contributed by atoms with Gasteiger partial charge in [0.1, 0.15) is 0 Å². The van der Waals surface area contributed by atoms with Gasteiger partial charge in [-0.2, -0.15) is 0 Å². The molecule has 0 radical (unpaired) electrons. The number of para-hydroxylation sites is 1. The monoisotopic (exact) mass is 333 g/mol. The van der Waals surface area contributed by atoms with Crippen molar-refractivity contribution in [2.24, 2.45) is 0 Å². The number of anilines is 2. The standard InChI is InChI=1S/C17H20BrNO/c1-2-3-11-19(16-7-5-4-6-8-16)17-10-9-15(18)12-14(17)13-20/h4-10,12,20H,2-3,11,13H2,1H3. The minimum absolute atomic E-state index is 0.0459.